The molecule has 5 rings (SSSR count). The minimum absolute atomic E-state index is 0.0376. The highest BCUT2D eigenvalue weighted by molar-refractivity contribution is 7.89. The van der Waals surface area contributed by atoms with E-state index in [-0.39, 0.29) is 6.04 Å². The molecular weight excluding hydrogens is 456 g/mol. The van der Waals surface area contributed by atoms with Crippen LogP contribution < -0.4 is 10.2 Å². The van der Waals surface area contributed by atoms with Crippen molar-refractivity contribution in [2.24, 2.45) is 0 Å². The van der Waals surface area contributed by atoms with Crippen molar-refractivity contribution < 1.29 is 8.42 Å². The number of hydrogen-bond acceptors (Lipinski definition) is 5. The van der Waals surface area contributed by atoms with Gasteiger partial charge in [-0.15, -0.1) is 0 Å². The first-order valence-corrected chi connectivity index (χ1v) is 14.2. The topological polar surface area (TPSA) is 65.5 Å². The second-order valence-electron chi connectivity index (χ2n) is 9.50. The molecule has 0 atom stereocenters. The first kappa shape index (κ1) is 23.8. The Morgan fingerprint density at radius 2 is 1.89 bits per heavy atom. The number of sulfonamides is 1. The van der Waals surface area contributed by atoms with E-state index in [1.807, 2.05) is 24.3 Å². The van der Waals surface area contributed by atoms with E-state index < -0.39 is 10.0 Å². The zero-order chi connectivity index (χ0) is 24.3. The predicted molar refractivity (Wildman–Crippen MR) is 142 cm³/mol. The molecule has 1 aliphatic carbocycles. The molecule has 2 aromatic carbocycles. The standard InChI is InChI=1S/C28H34N4O2S/c1-2-31-18-8-9-23-19-22(15-16-27(23)31)21-32(25-11-3-4-12-25)35(33,34)26-13-7-10-24(20-26)30-28-14-5-6-17-29-28/h5-7,10,13-17,19-20,25H,2-4,8-9,11-12,18,21H2,1H3,(H,29,30). The smallest absolute Gasteiger partial charge is 0.243 e. The number of aryl methyl sites for hydroxylation is 1. The van der Waals surface area contributed by atoms with Gasteiger partial charge in [-0.3, -0.25) is 0 Å². The first-order valence-electron chi connectivity index (χ1n) is 12.7. The minimum atomic E-state index is -3.67. The largest absolute Gasteiger partial charge is 0.372 e. The van der Waals surface area contributed by atoms with E-state index in [0.717, 1.165) is 57.2 Å². The van der Waals surface area contributed by atoms with Crippen molar-refractivity contribution >= 4 is 27.2 Å². The van der Waals surface area contributed by atoms with Gasteiger partial charge in [-0.2, -0.15) is 4.31 Å². The Labute approximate surface area is 209 Å². The summed E-state index contributed by atoms with van der Waals surface area (Å²) in [6, 6.07) is 19.3. The molecule has 3 aromatic rings. The van der Waals surface area contributed by atoms with Crippen LogP contribution in [0.25, 0.3) is 0 Å². The van der Waals surface area contributed by atoms with E-state index in [1.165, 1.54) is 11.3 Å². The van der Waals surface area contributed by atoms with Gasteiger partial charge in [0.05, 0.1) is 4.90 Å². The predicted octanol–water partition coefficient (Wildman–Crippen LogP) is 5.73. The van der Waals surface area contributed by atoms with Gasteiger partial charge in [0.2, 0.25) is 10.0 Å². The maximum atomic E-state index is 14.0. The number of anilines is 3. The van der Waals surface area contributed by atoms with Crippen LogP contribution in [0.2, 0.25) is 0 Å². The highest BCUT2D eigenvalue weighted by Gasteiger charge is 2.33. The molecule has 184 valence electrons. The van der Waals surface area contributed by atoms with Crippen LogP contribution in [0.1, 0.15) is 50.2 Å². The molecule has 0 amide bonds. The van der Waals surface area contributed by atoms with Crippen LogP contribution >= 0.6 is 0 Å². The number of hydrogen-bond donors (Lipinski definition) is 1. The van der Waals surface area contributed by atoms with E-state index >= 15 is 0 Å². The fraction of sp³-hybridized carbons (Fsp3) is 0.393. The molecule has 0 radical (unpaired) electrons. The van der Waals surface area contributed by atoms with E-state index in [1.54, 1.807) is 28.7 Å². The normalized spacial score (nSPS) is 16.5. The van der Waals surface area contributed by atoms with Gasteiger partial charge in [-0.05, 0) is 80.1 Å². The maximum absolute atomic E-state index is 14.0. The van der Waals surface area contributed by atoms with Crippen LogP contribution in [0.3, 0.4) is 0 Å². The maximum Gasteiger partial charge on any atom is 0.243 e. The Balaban J connectivity index is 1.44. The summed E-state index contributed by atoms with van der Waals surface area (Å²) in [5.41, 5.74) is 4.41. The SMILES string of the molecule is CCN1CCCc2cc(CN(C3CCCC3)S(=O)(=O)c3cccc(Nc4ccccn4)c3)ccc21. The van der Waals surface area contributed by atoms with E-state index in [9.17, 15) is 8.42 Å². The number of fused-ring (bicyclic) bond motifs is 1. The number of nitrogens with zero attached hydrogens (tertiary/aromatic N) is 3. The molecule has 1 aliphatic heterocycles. The molecule has 2 heterocycles. The van der Waals surface area contributed by atoms with Crippen molar-refractivity contribution in [2.75, 3.05) is 23.3 Å². The minimum Gasteiger partial charge on any atom is -0.372 e. The molecular formula is C28H34N4O2S. The zero-order valence-corrected chi connectivity index (χ0v) is 21.2. The van der Waals surface area contributed by atoms with Gasteiger partial charge >= 0.3 is 0 Å². The summed E-state index contributed by atoms with van der Waals surface area (Å²) in [7, 11) is -3.67. The second-order valence-corrected chi connectivity index (χ2v) is 11.4. The monoisotopic (exact) mass is 490 g/mol. The molecule has 1 N–H and O–H groups in total. The number of nitrogens with one attached hydrogen (secondary N) is 1. The third-order valence-corrected chi connectivity index (χ3v) is 9.08. The lowest BCUT2D eigenvalue weighted by atomic mass is 9.99. The molecule has 7 heteroatoms. The summed E-state index contributed by atoms with van der Waals surface area (Å²) in [6.07, 6.45) is 7.89. The van der Waals surface area contributed by atoms with E-state index in [0.29, 0.717) is 22.9 Å². The van der Waals surface area contributed by atoms with Crippen molar-refractivity contribution in [1.82, 2.24) is 9.29 Å². The fourth-order valence-corrected chi connectivity index (χ4v) is 7.11. The third-order valence-electron chi connectivity index (χ3n) is 7.19. The highest BCUT2D eigenvalue weighted by atomic mass is 32.2. The van der Waals surface area contributed by atoms with Crippen LogP contribution in [0.15, 0.2) is 71.8 Å². The lowest BCUT2D eigenvalue weighted by Crippen LogP contribution is -2.38. The number of benzene rings is 2. The quantitative estimate of drug-likeness (QED) is 0.437. The van der Waals surface area contributed by atoms with Crippen molar-refractivity contribution in [3.63, 3.8) is 0 Å². The molecule has 0 bridgehead atoms. The van der Waals surface area contributed by atoms with Crippen molar-refractivity contribution in [2.45, 2.75) is 62.9 Å². The molecule has 35 heavy (non-hydrogen) atoms. The first-order chi connectivity index (χ1) is 17.0. The Hall–Kier alpha value is -2.90. The second kappa shape index (κ2) is 10.4. The Morgan fingerprint density at radius 3 is 2.66 bits per heavy atom. The summed E-state index contributed by atoms with van der Waals surface area (Å²) in [5.74, 6) is 0.685. The Morgan fingerprint density at radius 1 is 1.03 bits per heavy atom. The lowest BCUT2D eigenvalue weighted by molar-refractivity contribution is 0.316. The molecule has 0 spiro atoms. The highest BCUT2D eigenvalue weighted by Crippen LogP contribution is 2.33. The molecule has 1 fully saturated rings. The summed E-state index contributed by atoms with van der Waals surface area (Å²) in [6.45, 7) is 4.69. The average molecular weight is 491 g/mol. The van der Waals surface area contributed by atoms with Crippen LogP contribution in [0, 0.1) is 0 Å². The Kier molecular flexibility index (Phi) is 7.07. The van der Waals surface area contributed by atoms with E-state index in [4.69, 9.17) is 0 Å². The molecule has 1 saturated carbocycles. The molecule has 0 unspecified atom stereocenters. The number of aromatic nitrogens is 1. The van der Waals surface area contributed by atoms with Crippen LogP contribution in [0.4, 0.5) is 17.2 Å². The summed E-state index contributed by atoms with van der Waals surface area (Å²) in [4.78, 5) is 7.02. The number of pyridine rings is 1. The fourth-order valence-electron chi connectivity index (χ4n) is 5.39. The van der Waals surface area contributed by atoms with Crippen LogP contribution in [-0.2, 0) is 23.0 Å². The van der Waals surface area contributed by atoms with Gasteiger partial charge in [-0.1, -0.05) is 37.1 Å². The lowest BCUT2D eigenvalue weighted by Gasteiger charge is -2.32. The van der Waals surface area contributed by atoms with Gasteiger partial charge in [0.15, 0.2) is 0 Å². The van der Waals surface area contributed by atoms with Gasteiger partial charge in [0, 0.05) is 43.2 Å². The van der Waals surface area contributed by atoms with Crippen LogP contribution in [-0.4, -0.2) is 36.8 Å². The van der Waals surface area contributed by atoms with Gasteiger partial charge < -0.3 is 10.2 Å². The molecule has 1 aromatic heterocycles. The zero-order valence-electron chi connectivity index (χ0n) is 20.4. The van der Waals surface area contributed by atoms with Crippen molar-refractivity contribution in [3.05, 3.63) is 78.0 Å². The van der Waals surface area contributed by atoms with Gasteiger partial charge in [0.25, 0.3) is 0 Å². The molecule has 2 aliphatic rings. The van der Waals surface area contributed by atoms with E-state index in [2.05, 4.69) is 40.3 Å². The molecule has 6 nitrogen and oxygen atoms in total. The Bertz CT molecular complexity index is 1260. The van der Waals surface area contributed by atoms with Crippen LogP contribution in [0.5, 0.6) is 0 Å². The molecule has 0 saturated heterocycles. The summed E-state index contributed by atoms with van der Waals surface area (Å²) < 4.78 is 29.7. The average Bonchev–Trinajstić information content (AvgIpc) is 3.42. The van der Waals surface area contributed by atoms with Gasteiger partial charge in [-0.25, -0.2) is 13.4 Å². The van der Waals surface area contributed by atoms with Crippen molar-refractivity contribution in [3.8, 4) is 0 Å². The summed E-state index contributed by atoms with van der Waals surface area (Å²) >= 11 is 0. The number of rotatable bonds is 8. The summed E-state index contributed by atoms with van der Waals surface area (Å²) in [5, 5.41) is 3.22. The van der Waals surface area contributed by atoms with Gasteiger partial charge in [0.1, 0.15) is 5.82 Å². The third kappa shape index (κ3) is 5.21. The van der Waals surface area contributed by atoms with Crippen molar-refractivity contribution in [1.29, 1.82) is 0 Å².